The van der Waals surface area contributed by atoms with Gasteiger partial charge < -0.3 is 9.84 Å². The Hall–Kier alpha value is -1.18. The molecule has 0 bridgehead atoms. The Bertz CT molecular complexity index is 1110. The lowest BCUT2D eigenvalue weighted by Gasteiger charge is -2.49. The normalized spacial score (nSPS) is 28.5. The molecule has 2 aliphatic rings. The second kappa shape index (κ2) is 9.12. The summed E-state index contributed by atoms with van der Waals surface area (Å²) >= 11 is 7.36. The number of aliphatic hydroxyl groups is 1. The molecule has 1 saturated heterocycles. The zero-order valence-corrected chi connectivity index (χ0v) is 20.8. The van der Waals surface area contributed by atoms with Gasteiger partial charge in [0.2, 0.25) is 0 Å². The minimum Gasteiger partial charge on any atom is -0.377 e. The lowest BCUT2D eigenvalue weighted by Crippen LogP contribution is -2.54. The number of thiophene rings is 1. The Morgan fingerprint density at radius 3 is 2.88 bits per heavy atom. The van der Waals surface area contributed by atoms with E-state index < -0.39 is 34.1 Å². The molecule has 4 rings (SSSR count). The summed E-state index contributed by atoms with van der Waals surface area (Å²) in [6, 6.07) is 1.50. The van der Waals surface area contributed by atoms with Crippen molar-refractivity contribution in [1.82, 2.24) is 19.9 Å². The predicted octanol–water partition coefficient (Wildman–Crippen LogP) is 2.79. The van der Waals surface area contributed by atoms with E-state index in [-0.39, 0.29) is 17.4 Å². The van der Waals surface area contributed by atoms with Crippen LogP contribution in [0.15, 0.2) is 12.3 Å². The summed E-state index contributed by atoms with van der Waals surface area (Å²) < 4.78 is 57.8. The molecule has 33 heavy (non-hydrogen) atoms. The van der Waals surface area contributed by atoms with E-state index in [0.29, 0.717) is 48.1 Å². The van der Waals surface area contributed by atoms with Gasteiger partial charge in [-0.25, -0.2) is 17.2 Å². The number of alkyl halides is 2. The number of likely N-dealkylation sites (tertiary alicyclic amines) is 1. The average Bonchev–Trinajstić information content (AvgIpc) is 3.33. The molecule has 0 amide bonds. The summed E-state index contributed by atoms with van der Waals surface area (Å²) in [5, 5.41) is 18.8. The highest BCUT2D eigenvalue weighted by molar-refractivity contribution is 7.90. The van der Waals surface area contributed by atoms with Crippen LogP contribution in [0.25, 0.3) is 0 Å². The van der Waals surface area contributed by atoms with E-state index in [1.165, 1.54) is 23.7 Å². The maximum atomic E-state index is 13.6. The molecule has 2 aromatic heterocycles. The van der Waals surface area contributed by atoms with Crippen molar-refractivity contribution in [3.63, 3.8) is 0 Å². The first kappa shape index (κ1) is 24.9. The van der Waals surface area contributed by atoms with Crippen molar-refractivity contribution in [1.29, 1.82) is 0 Å². The molecule has 1 fully saturated rings. The van der Waals surface area contributed by atoms with Gasteiger partial charge in [0, 0.05) is 48.6 Å². The molecular weight excluding hydrogens is 498 g/mol. The Morgan fingerprint density at radius 2 is 2.21 bits per heavy atom. The molecular formula is C20H27ClF2N4O4S2. The molecule has 2 aliphatic heterocycles. The van der Waals surface area contributed by atoms with Crippen LogP contribution in [0.1, 0.15) is 42.3 Å². The van der Waals surface area contributed by atoms with Crippen molar-refractivity contribution >= 4 is 32.8 Å². The molecule has 0 radical (unpaired) electrons. The summed E-state index contributed by atoms with van der Waals surface area (Å²) in [6.07, 6.45) is 1.66. The monoisotopic (exact) mass is 524 g/mol. The summed E-state index contributed by atoms with van der Waals surface area (Å²) in [6.45, 7) is 3.25. The highest BCUT2D eigenvalue weighted by Gasteiger charge is 2.54. The van der Waals surface area contributed by atoms with Crippen molar-refractivity contribution in [3.8, 4) is 0 Å². The fraction of sp³-hybridized carbons (Fsp3) is 0.700. The van der Waals surface area contributed by atoms with Gasteiger partial charge >= 0.3 is 0 Å². The molecule has 1 spiro atoms. The van der Waals surface area contributed by atoms with Crippen LogP contribution in [0.5, 0.6) is 0 Å². The number of fused-ring (bicyclic) bond motifs is 2. The van der Waals surface area contributed by atoms with Crippen LogP contribution in [0.3, 0.4) is 0 Å². The molecule has 1 N–H and O–H groups in total. The molecule has 0 aliphatic carbocycles. The van der Waals surface area contributed by atoms with Crippen molar-refractivity contribution in [2.75, 3.05) is 25.2 Å². The molecule has 3 atom stereocenters. The number of sulfone groups is 1. The molecule has 0 aromatic carbocycles. The van der Waals surface area contributed by atoms with E-state index in [2.05, 4.69) is 15.2 Å². The van der Waals surface area contributed by atoms with Gasteiger partial charge in [-0.05, 0) is 32.3 Å². The first-order chi connectivity index (χ1) is 15.4. The molecule has 2 aromatic rings. The topological polar surface area (TPSA) is 97.6 Å². The number of aromatic nitrogens is 3. The fourth-order valence-electron chi connectivity index (χ4n) is 4.64. The van der Waals surface area contributed by atoms with Gasteiger partial charge in [-0.1, -0.05) is 16.8 Å². The second-order valence-electron chi connectivity index (χ2n) is 9.03. The van der Waals surface area contributed by atoms with Crippen LogP contribution in [0, 0.1) is 0 Å². The fourth-order valence-corrected chi connectivity index (χ4v) is 6.78. The van der Waals surface area contributed by atoms with Crippen LogP contribution in [-0.2, 0) is 38.9 Å². The van der Waals surface area contributed by atoms with Crippen LogP contribution in [0.2, 0.25) is 4.34 Å². The summed E-state index contributed by atoms with van der Waals surface area (Å²) in [4.78, 5) is 2.81. The van der Waals surface area contributed by atoms with E-state index in [1.54, 1.807) is 4.68 Å². The Kier molecular flexibility index (Phi) is 6.89. The Morgan fingerprint density at radius 1 is 1.45 bits per heavy atom. The van der Waals surface area contributed by atoms with Gasteiger partial charge in [0.05, 0.1) is 22.4 Å². The Balaban J connectivity index is 1.43. The first-order valence-corrected chi connectivity index (χ1v) is 13.9. The number of halogens is 3. The molecule has 8 nitrogen and oxygen atoms in total. The maximum Gasteiger partial charge on any atom is 0.273 e. The van der Waals surface area contributed by atoms with E-state index in [1.807, 2.05) is 13.1 Å². The molecule has 0 saturated carbocycles. The highest BCUT2D eigenvalue weighted by Crippen LogP contribution is 2.53. The standard InChI is InChI=1S/C20H27ClF2N4O4S2/c1-13-9-19(17-15(8-16(21)32-17)20(28,12-31-19)18(22)23)4-6-26(13)10-14-11-27(25-24-14)5-3-7-33(2,29)30/h8,11,13,18,28H,3-7,9-10,12H2,1-2H3/t13-,19+,20+/m0/s1. The molecule has 184 valence electrons. The van der Waals surface area contributed by atoms with E-state index in [4.69, 9.17) is 16.3 Å². The summed E-state index contributed by atoms with van der Waals surface area (Å²) in [5.74, 6) is 0.100. The number of piperidine rings is 1. The van der Waals surface area contributed by atoms with Gasteiger partial charge in [0.25, 0.3) is 6.43 Å². The van der Waals surface area contributed by atoms with Crippen molar-refractivity contribution < 1.29 is 27.0 Å². The predicted molar refractivity (Wildman–Crippen MR) is 120 cm³/mol. The third kappa shape index (κ3) is 5.10. The Labute approximate surface area is 200 Å². The van der Waals surface area contributed by atoms with E-state index >= 15 is 0 Å². The number of aryl methyl sites for hydroxylation is 1. The SMILES string of the molecule is C[C@H]1C[C@@]2(CCN1Cc1cn(CCCS(C)(=O)=O)nn1)OC[C@](O)(C(F)F)c1cc(Cl)sc12. The summed E-state index contributed by atoms with van der Waals surface area (Å²) in [7, 11) is -3.01. The minimum absolute atomic E-state index is 0.0561. The van der Waals surface area contributed by atoms with Gasteiger partial charge in [-0.2, -0.15) is 0 Å². The summed E-state index contributed by atoms with van der Waals surface area (Å²) in [5.41, 5.74) is -2.15. The minimum atomic E-state index is -3.01. The quantitative estimate of drug-likeness (QED) is 0.594. The van der Waals surface area contributed by atoms with E-state index in [9.17, 15) is 22.3 Å². The van der Waals surface area contributed by atoms with Crippen LogP contribution >= 0.6 is 22.9 Å². The number of hydrogen-bond donors (Lipinski definition) is 1. The zero-order chi connectivity index (χ0) is 24.0. The lowest BCUT2D eigenvalue weighted by molar-refractivity contribution is -0.210. The molecule has 13 heteroatoms. The molecule has 4 heterocycles. The van der Waals surface area contributed by atoms with E-state index in [0.717, 1.165) is 5.69 Å². The van der Waals surface area contributed by atoms with Crippen molar-refractivity contribution in [2.45, 2.75) is 62.9 Å². The third-order valence-corrected chi connectivity index (χ3v) is 8.90. The first-order valence-electron chi connectivity index (χ1n) is 10.7. The van der Waals surface area contributed by atoms with Crippen LogP contribution < -0.4 is 0 Å². The zero-order valence-electron chi connectivity index (χ0n) is 18.4. The number of ether oxygens (including phenoxy) is 1. The lowest BCUT2D eigenvalue weighted by atomic mass is 9.78. The van der Waals surface area contributed by atoms with Gasteiger partial charge in [-0.15, -0.1) is 16.4 Å². The van der Waals surface area contributed by atoms with Crippen molar-refractivity contribution in [3.05, 3.63) is 32.7 Å². The highest BCUT2D eigenvalue weighted by atomic mass is 35.5. The maximum absolute atomic E-state index is 13.6. The van der Waals surface area contributed by atoms with Crippen LogP contribution in [0.4, 0.5) is 8.78 Å². The van der Waals surface area contributed by atoms with Gasteiger partial charge in [0.1, 0.15) is 15.4 Å². The van der Waals surface area contributed by atoms with Gasteiger partial charge in [0.15, 0.2) is 5.60 Å². The second-order valence-corrected chi connectivity index (χ2v) is 13.0. The third-order valence-electron chi connectivity index (χ3n) is 6.42. The van der Waals surface area contributed by atoms with Crippen LogP contribution in [-0.4, -0.2) is 71.0 Å². The number of rotatable bonds is 7. The number of nitrogens with zero attached hydrogens (tertiary/aromatic N) is 4. The van der Waals surface area contributed by atoms with Crippen molar-refractivity contribution in [2.24, 2.45) is 0 Å². The largest absolute Gasteiger partial charge is 0.377 e. The average molecular weight is 525 g/mol. The van der Waals surface area contributed by atoms with Gasteiger partial charge in [-0.3, -0.25) is 9.58 Å². The molecule has 0 unspecified atom stereocenters. The smallest absolute Gasteiger partial charge is 0.273 e. The number of hydrogen-bond acceptors (Lipinski definition) is 8.